The number of nitrogens with one attached hydrogen (secondary N) is 1. The third-order valence-electron chi connectivity index (χ3n) is 4.13. The number of anilines is 1. The largest absolute Gasteiger partial charge is 0.469 e. The number of esters is 1. The SMILES string of the molecule is COC(=O)CCc1nc(-c2c(NC(=O)OC(C)(C)C)ncn2COCC[Si](C)(C)C)no1. The molecule has 32 heavy (non-hydrogen) atoms. The van der Waals surface area contributed by atoms with Gasteiger partial charge in [-0.25, -0.2) is 9.78 Å². The predicted molar refractivity (Wildman–Crippen MR) is 120 cm³/mol. The molecular weight excluding hydrogens is 434 g/mol. The molecule has 0 unspecified atom stereocenters. The standard InChI is InChI=1S/C20H33N5O6Si/c1-20(2,3)30-19(27)23-17-16(18-22-14(31-24-18)8-9-15(26)28-4)25(12-21-17)13-29-10-11-32(5,6)7/h12H,8-11,13H2,1-7H3,(H,23,27). The summed E-state index contributed by atoms with van der Waals surface area (Å²) >= 11 is 0. The Morgan fingerprint density at radius 3 is 2.59 bits per heavy atom. The maximum atomic E-state index is 12.3. The molecule has 2 aromatic heterocycles. The lowest BCUT2D eigenvalue weighted by Crippen LogP contribution is -2.27. The van der Waals surface area contributed by atoms with Gasteiger partial charge in [0, 0.05) is 21.1 Å². The fraction of sp³-hybridized carbons (Fsp3) is 0.650. The van der Waals surface area contributed by atoms with E-state index in [-0.39, 0.29) is 43.1 Å². The zero-order chi connectivity index (χ0) is 23.9. The van der Waals surface area contributed by atoms with Gasteiger partial charge >= 0.3 is 12.1 Å². The van der Waals surface area contributed by atoms with E-state index < -0.39 is 19.8 Å². The molecule has 0 aliphatic carbocycles. The Labute approximate surface area is 188 Å². The molecule has 0 radical (unpaired) electrons. The van der Waals surface area contributed by atoms with Crippen LogP contribution in [0, 0.1) is 0 Å². The number of hydrogen-bond donors (Lipinski definition) is 1. The molecule has 2 heterocycles. The lowest BCUT2D eigenvalue weighted by atomic mass is 10.2. The van der Waals surface area contributed by atoms with Gasteiger partial charge in [-0.2, -0.15) is 4.98 Å². The van der Waals surface area contributed by atoms with Crippen LogP contribution in [0.15, 0.2) is 10.9 Å². The second-order valence-corrected chi connectivity index (χ2v) is 15.1. The van der Waals surface area contributed by atoms with E-state index in [0.717, 1.165) is 6.04 Å². The minimum atomic E-state index is -1.23. The number of aromatic nitrogens is 4. The van der Waals surface area contributed by atoms with E-state index in [1.807, 2.05) is 0 Å². The lowest BCUT2D eigenvalue weighted by Gasteiger charge is -2.19. The number of imidazole rings is 1. The van der Waals surface area contributed by atoms with Crippen LogP contribution in [-0.2, 0) is 32.2 Å². The van der Waals surface area contributed by atoms with Crippen LogP contribution in [0.3, 0.4) is 0 Å². The fourth-order valence-electron chi connectivity index (χ4n) is 2.51. The molecule has 0 aromatic carbocycles. The number of hydrogen-bond acceptors (Lipinski definition) is 9. The van der Waals surface area contributed by atoms with Crippen molar-refractivity contribution in [3.63, 3.8) is 0 Å². The molecule has 178 valence electrons. The van der Waals surface area contributed by atoms with E-state index >= 15 is 0 Å². The van der Waals surface area contributed by atoms with E-state index in [1.165, 1.54) is 13.4 Å². The van der Waals surface area contributed by atoms with Gasteiger partial charge in [-0.05, 0) is 26.8 Å². The molecule has 0 atom stereocenters. The summed E-state index contributed by atoms with van der Waals surface area (Å²) in [4.78, 5) is 32.3. The van der Waals surface area contributed by atoms with Crippen LogP contribution < -0.4 is 5.32 Å². The third-order valence-corrected chi connectivity index (χ3v) is 5.84. The summed E-state index contributed by atoms with van der Waals surface area (Å²) in [5.41, 5.74) is -0.253. The van der Waals surface area contributed by atoms with Gasteiger partial charge in [0.2, 0.25) is 11.7 Å². The summed E-state index contributed by atoms with van der Waals surface area (Å²) in [6.45, 7) is 12.9. The van der Waals surface area contributed by atoms with Gasteiger partial charge in [-0.1, -0.05) is 24.8 Å². The zero-order valence-electron chi connectivity index (χ0n) is 19.9. The molecule has 0 bridgehead atoms. The van der Waals surface area contributed by atoms with Crippen molar-refractivity contribution in [2.75, 3.05) is 19.0 Å². The van der Waals surface area contributed by atoms with Crippen molar-refractivity contribution in [3.05, 3.63) is 12.2 Å². The van der Waals surface area contributed by atoms with Crippen molar-refractivity contribution in [2.45, 2.75) is 71.6 Å². The second kappa shape index (κ2) is 10.7. The quantitative estimate of drug-likeness (QED) is 0.316. The van der Waals surface area contributed by atoms with Crippen LogP contribution in [-0.4, -0.2) is 59.1 Å². The lowest BCUT2D eigenvalue weighted by molar-refractivity contribution is -0.140. The molecule has 0 spiro atoms. The highest BCUT2D eigenvalue weighted by Crippen LogP contribution is 2.26. The number of rotatable bonds is 10. The molecule has 12 heteroatoms. The van der Waals surface area contributed by atoms with Crippen LogP contribution in [0.5, 0.6) is 0 Å². The van der Waals surface area contributed by atoms with Crippen LogP contribution in [0.2, 0.25) is 25.7 Å². The number of ether oxygens (including phenoxy) is 3. The first-order valence-electron chi connectivity index (χ1n) is 10.4. The molecule has 11 nitrogen and oxygen atoms in total. The molecule has 1 N–H and O–H groups in total. The molecule has 0 saturated carbocycles. The number of nitrogens with zero attached hydrogens (tertiary/aromatic N) is 4. The minimum absolute atomic E-state index is 0.111. The summed E-state index contributed by atoms with van der Waals surface area (Å²) in [6, 6.07) is 1.01. The van der Waals surface area contributed by atoms with E-state index in [1.54, 1.807) is 25.3 Å². The molecule has 0 aliphatic heterocycles. The Hall–Kier alpha value is -2.73. The summed E-state index contributed by atoms with van der Waals surface area (Å²) in [7, 11) is 0.0847. The number of amides is 1. The number of aryl methyl sites for hydroxylation is 1. The molecule has 0 aliphatic rings. The van der Waals surface area contributed by atoms with Crippen molar-refractivity contribution in [3.8, 4) is 11.5 Å². The zero-order valence-corrected chi connectivity index (χ0v) is 20.9. The van der Waals surface area contributed by atoms with Gasteiger partial charge in [0.25, 0.3) is 0 Å². The smallest absolute Gasteiger partial charge is 0.413 e. The molecule has 0 fully saturated rings. The topological polar surface area (TPSA) is 131 Å². The fourth-order valence-corrected chi connectivity index (χ4v) is 3.27. The molecule has 1 amide bonds. The van der Waals surface area contributed by atoms with Crippen LogP contribution in [0.1, 0.15) is 33.1 Å². The maximum absolute atomic E-state index is 12.3. The molecule has 2 aromatic rings. The van der Waals surface area contributed by atoms with Gasteiger partial charge in [-0.15, -0.1) is 0 Å². The molecular formula is C20H33N5O6Si. The van der Waals surface area contributed by atoms with Gasteiger partial charge < -0.3 is 23.3 Å². The van der Waals surface area contributed by atoms with Crippen LogP contribution >= 0.6 is 0 Å². The number of carbonyl (C=O) groups is 2. The monoisotopic (exact) mass is 467 g/mol. The molecule has 0 saturated heterocycles. The van der Waals surface area contributed by atoms with Crippen LogP contribution in [0.25, 0.3) is 11.5 Å². The van der Waals surface area contributed by atoms with Gasteiger partial charge in [0.1, 0.15) is 18.0 Å². The summed E-state index contributed by atoms with van der Waals surface area (Å²) < 4.78 is 22.7. The first-order valence-corrected chi connectivity index (χ1v) is 14.1. The predicted octanol–water partition coefficient (Wildman–Crippen LogP) is 3.70. The first-order chi connectivity index (χ1) is 14.9. The highest BCUT2D eigenvalue weighted by atomic mass is 28.3. The van der Waals surface area contributed by atoms with Gasteiger partial charge in [-0.3, -0.25) is 10.1 Å². The highest BCUT2D eigenvalue weighted by molar-refractivity contribution is 6.76. The van der Waals surface area contributed by atoms with E-state index in [4.69, 9.17) is 14.0 Å². The number of carbonyl (C=O) groups excluding carboxylic acids is 2. The normalized spacial score (nSPS) is 12.0. The minimum Gasteiger partial charge on any atom is -0.469 e. The summed E-state index contributed by atoms with van der Waals surface area (Å²) in [5, 5.41) is 6.62. The van der Waals surface area contributed by atoms with Crippen molar-refractivity contribution >= 4 is 26.0 Å². The Bertz CT molecular complexity index is 912. The van der Waals surface area contributed by atoms with Crippen LogP contribution in [0.4, 0.5) is 10.6 Å². The van der Waals surface area contributed by atoms with Crippen molar-refractivity contribution in [1.29, 1.82) is 0 Å². The first kappa shape index (κ1) is 25.5. The summed E-state index contributed by atoms with van der Waals surface area (Å²) in [5.74, 6) is 0.314. The number of methoxy groups -OCH3 is 1. The Balaban J connectivity index is 2.21. The van der Waals surface area contributed by atoms with Gasteiger partial charge in [0.15, 0.2) is 5.82 Å². The average Bonchev–Trinajstić information content (AvgIpc) is 3.27. The summed E-state index contributed by atoms with van der Waals surface area (Å²) in [6.07, 6.45) is 1.22. The van der Waals surface area contributed by atoms with E-state index in [0.29, 0.717) is 12.3 Å². The average molecular weight is 468 g/mol. The van der Waals surface area contributed by atoms with Crippen molar-refractivity contribution < 1.29 is 28.3 Å². The highest BCUT2D eigenvalue weighted by Gasteiger charge is 2.24. The van der Waals surface area contributed by atoms with E-state index in [9.17, 15) is 9.59 Å². The van der Waals surface area contributed by atoms with E-state index in [2.05, 4.69) is 44.8 Å². The Morgan fingerprint density at radius 1 is 1.25 bits per heavy atom. The van der Waals surface area contributed by atoms with Gasteiger partial charge in [0.05, 0.1) is 19.9 Å². The Morgan fingerprint density at radius 2 is 1.97 bits per heavy atom. The maximum Gasteiger partial charge on any atom is 0.413 e. The van der Waals surface area contributed by atoms with Crippen molar-refractivity contribution in [1.82, 2.24) is 19.7 Å². The second-order valence-electron chi connectivity index (χ2n) is 9.47. The Kier molecular flexibility index (Phi) is 8.56. The molecule has 2 rings (SSSR count). The van der Waals surface area contributed by atoms with Crippen molar-refractivity contribution in [2.24, 2.45) is 0 Å². The third kappa shape index (κ3) is 8.42.